The molecule has 0 spiro atoms. The lowest BCUT2D eigenvalue weighted by molar-refractivity contribution is 0.0601. The van der Waals surface area contributed by atoms with Gasteiger partial charge in [-0.25, -0.2) is 14.8 Å². The monoisotopic (exact) mass is 276 g/mol. The van der Waals surface area contributed by atoms with Crippen LogP contribution in [0.15, 0.2) is 39.1 Å². The lowest BCUT2D eigenvalue weighted by Gasteiger charge is -2.09. The molecule has 1 aliphatic heterocycles. The molecule has 0 saturated carbocycles. The molecule has 0 amide bonds. The molecule has 1 aromatic carbocycles. The summed E-state index contributed by atoms with van der Waals surface area (Å²) < 4.78 is 4.69. The Kier molecular flexibility index (Phi) is 2.97. The highest BCUT2D eigenvalue weighted by molar-refractivity contribution is 8.08. The molecule has 0 aliphatic carbocycles. The Bertz CT molecular complexity index is 670. The molecular formula is C12H8N2O2S2. The van der Waals surface area contributed by atoms with Crippen LogP contribution in [-0.4, -0.2) is 23.0 Å². The van der Waals surface area contributed by atoms with Crippen LogP contribution in [0.25, 0.3) is 11.0 Å². The number of rotatable bonds is 1. The van der Waals surface area contributed by atoms with Crippen LogP contribution in [-0.2, 0) is 4.74 Å². The minimum Gasteiger partial charge on any atom is -0.465 e. The molecule has 1 aromatic heterocycles. The van der Waals surface area contributed by atoms with Crippen molar-refractivity contribution in [1.29, 1.82) is 0 Å². The topological polar surface area (TPSA) is 52.1 Å². The second-order valence-electron chi connectivity index (χ2n) is 3.54. The van der Waals surface area contributed by atoms with Gasteiger partial charge in [-0.05, 0) is 29.0 Å². The van der Waals surface area contributed by atoms with Gasteiger partial charge in [0.2, 0.25) is 0 Å². The van der Waals surface area contributed by atoms with Crippen LogP contribution < -0.4 is 0 Å². The van der Waals surface area contributed by atoms with Crippen molar-refractivity contribution in [3.05, 3.63) is 34.6 Å². The van der Waals surface area contributed by atoms with Crippen LogP contribution in [0.2, 0.25) is 0 Å². The molecule has 2 aromatic rings. The Morgan fingerprint density at radius 3 is 2.44 bits per heavy atom. The third kappa shape index (κ3) is 1.97. The van der Waals surface area contributed by atoms with Crippen molar-refractivity contribution in [3.63, 3.8) is 0 Å². The fourth-order valence-electron chi connectivity index (χ4n) is 1.60. The van der Waals surface area contributed by atoms with Crippen LogP contribution in [0, 0.1) is 0 Å². The summed E-state index contributed by atoms with van der Waals surface area (Å²) >= 11 is 3.08. The first-order valence-electron chi connectivity index (χ1n) is 5.16. The van der Waals surface area contributed by atoms with Crippen molar-refractivity contribution in [1.82, 2.24) is 9.97 Å². The molecule has 0 unspecified atom stereocenters. The SMILES string of the molecule is COC(=O)c1ccc2nc3c(nc2c1)SC=CS3. The highest BCUT2D eigenvalue weighted by atomic mass is 32.2. The summed E-state index contributed by atoms with van der Waals surface area (Å²) in [5.41, 5.74) is 1.98. The molecule has 6 heteroatoms. The van der Waals surface area contributed by atoms with Gasteiger partial charge in [-0.3, -0.25) is 0 Å². The van der Waals surface area contributed by atoms with E-state index in [1.54, 1.807) is 30.0 Å². The first-order valence-corrected chi connectivity index (χ1v) is 6.92. The summed E-state index contributed by atoms with van der Waals surface area (Å²) in [7, 11) is 1.36. The average molecular weight is 276 g/mol. The summed E-state index contributed by atoms with van der Waals surface area (Å²) in [6, 6.07) is 5.20. The molecular weight excluding hydrogens is 268 g/mol. The van der Waals surface area contributed by atoms with Gasteiger partial charge >= 0.3 is 5.97 Å². The molecule has 0 radical (unpaired) electrons. The largest absolute Gasteiger partial charge is 0.465 e. The molecule has 0 bridgehead atoms. The van der Waals surface area contributed by atoms with Crippen molar-refractivity contribution in [2.75, 3.05) is 7.11 Å². The maximum Gasteiger partial charge on any atom is 0.337 e. The molecule has 0 saturated heterocycles. The van der Waals surface area contributed by atoms with E-state index < -0.39 is 0 Å². The lowest BCUT2D eigenvalue weighted by atomic mass is 10.2. The molecule has 0 atom stereocenters. The van der Waals surface area contributed by atoms with Crippen LogP contribution in [0.3, 0.4) is 0 Å². The van der Waals surface area contributed by atoms with Gasteiger partial charge < -0.3 is 4.74 Å². The number of methoxy groups -OCH3 is 1. The third-order valence-corrected chi connectivity index (χ3v) is 4.30. The number of nitrogens with zero attached hydrogens (tertiary/aromatic N) is 2. The Morgan fingerprint density at radius 1 is 1.11 bits per heavy atom. The van der Waals surface area contributed by atoms with Gasteiger partial charge in [0.1, 0.15) is 10.1 Å². The summed E-state index contributed by atoms with van der Waals surface area (Å²) in [5.74, 6) is -0.363. The second kappa shape index (κ2) is 4.62. The lowest BCUT2D eigenvalue weighted by Crippen LogP contribution is -2.02. The van der Waals surface area contributed by atoms with Gasteiger partial charge in [-0.2, -0.15) is 0 Å². The number of ether oxygens (including phenoxy) is 1. The summed E-state index contributed by atoms with van der Waals surface area (Å²) in [6.07, 6.45) is 0. The smallest absolute Gasteiger partial charge is 0.337 e. The number of fused-ring (bicyclic) bond motifs is 2. The second-order valence-corrected chi connectivity index (χ2v) is 5.33. The van der Waals surface area contributed by atoms with Gasteiger partial charge in [-0.1, -0.05) is 23.5 Å². The van der Waals surface area contributed by atoms with E-state index in [1.807, 2.05) is 10.8 Å². The van der Waals surface area contributed by atoms with E-state index in [-0.39, 0.29) is 5.97 Å². The zero-order valence-electron chi connectivity index (χ0n) is 9.41. The van der Waals surface area contributed by atoms with Gasteiger partial charge in [0.05, 0.1) is 23.7 Å². The molecule has 1 aliphatic rings. The summed E-state index contributed by atoms with van der Waals surface area (Å²) in [6.45, 7) is 0. The molecule has 2 heterocycles. The van der Waals surface area contributed by atoms with Crippen molar-refractivity contribution in [2.45, 2.75) is 10.1 Å². The molecule has 0 N–H and O–H groups in total. The predicted molar refractivity (Wildman–Crippen MR) is 71.7 cm³/mol. The van der Waals surface area contributed by atoms with Crippen LogP contribution in [0.1, 0.15) is 10.4 Å². The Hall–Kier alpha value is -1.53. The Balaban J connectivity index is 2.14. The number of carbonyl (C=O) groups excluding carboxylic acids is 1. The molecule has 18 heavy (non-hydrogen) atoms. The maximum atomic E-state index is 11.5. The van der Waals surface area contributed by atoms with Crippen molar-refractivity contribution < 1.29 is 9.53 Å². The maximum absolute atomic E-state index is 11.5. The van der Waals surface area contributed by atoms with E-state index in [9.17, 15) is 4.79 Å². The molecule has 4 nitrogen and oxygen atoms in total. The van der Waals surface area contributed by atoms with Gasteiger partial charge in [0, 0.05) is 0 Å². The van der Waals surface area contributed by atoms with E-state index in [2.05, 4.69) is 9.97 Å². The minimum atomic E-state index is -0.363. The minimum absolute atomic E-state index is 0.363. The number of aromatic nitrogens is 2. The number of esters is 1. The van der Waals surface area contributed by atoms with Gasteiger partial charge in [0.25, 0.3) is 0 Å². The number of hydrogen-bond acceptors (Lipinski definition) is 6. The zero-order chi connectivity index (χ0) is 12.5. The van der Waals surface area contributed by atoms with Gasteiger partial charge in [-0.15, -0.1) is 0 Å². The predicted octanol–water partition coefficient (Wildman–Crippen LogP) is 3.09. The van der Waals surface area contributed by atoms with E-state index in [4.69, 9.17) is 4.74 Å². The van der Waals surface area contributed by atoms with E-state index in [0.717, 1.165) is 15.6 Å². The first kappa shape index (κ1) is 11.6. The van der Waals surface area contributed by atoms with Crippen molar-refractivity contribution in [3.8, 4) is 0 Å². The quantitative estimate of drug-likeness (QED) is 0.746. The van der Waals surface area contributed by atoms with Crippen LogP contribution in [0.4, 0.5) is 0 Å². The normalized spacial score (nSPS) is 13.4. The average Bonchev–Trinajstić information content (AvgIpc) is 2.43. The van der Waals surface area contributed by atoms with Gasteiger partial charge in [0.15, 0.2) is 0 Å². The standard InChI is InChI=1S/C12H8N2O2S2/c1-16-12(15)7-2-3-8-9(6-7)14-11-10(13-8)17-4-5-18-11/h2-6H,1H3. The zero-order valence-corrected chi connectivity index (χ0v) is 11.0. The fourth-order valence-corrected chi connectivity index (χ4v) is 3.19. The number of benzene rings is 1. The summed E-state index contributed by atoms with van der Waals surface area (Å²) in [4.78, 5) is 20.5. The molecule has 0 fully saturated rings. The van der Waals surface area contributed by atoms with E-state index in [0.29, 0.717) is 11.1 Å². The van der Waals surface area contributed by atoms with Crippen LogP contribution in [0.5, 0.6) is 0 Å². The number of thioether (sulfide) groups is 2. The Morgan fingerprint density at radius 2 is 1.78 bits per heavy atom. The molecule has 90 valence electrons. The highest BCUT2D eigenvalue weighted by Crippen LogP contribution is 2.35. The highest BCUT2D eigenvalue weighted by Gasteiger charge is 2.13. The third-order valence-electron chi connectivity index (χ3n) is 2.44. The van der Waals surface area contributed by atoms with Crippen molar-refractivity contribution in [2.24, 2.45) is 0 Å². The summed E-state index contributed by atoms with van der Waals surface area (Å²) in [5, 5.41) is 5.73. The van der Waals surface area contributed by atoms with E-state index >= 15 is 0 Å². The Labute approximate surface area is 112 Å². The van der Waals surface area contributed by atoms with E-state index in [1.165, 1.54) is 18.9 Å². The van der Waals surface area contributed by atoms with Crippen LogP contribution >= 0.6 is 23.5 Å². The number of hydrogen-bond donors (Lipinski definition) is 0. The van der Waals surface area contributed by atoms with Crippen molar-refractivity contribution >= 4 is 40.5 Å². The fraction of sp³-hybridized carbons (Fsp3) is 0.0833. The molecule has 3 rings (SSSR count). The first-order chi connectivity index (χ1) is 8.78. The number of carbonyl (C=O) groups is 1.